The molecule has 4 rings (SSSR count). The lowest BCUT2D eigenvalue weighted by Gasteiger charge is -2.25. The van der Waals surface area contributed by atoms with E-state index in [1.807, 2.05) is 12.1 Å². The molecule has 3 aromatic rings. The second-order valence-corrected chi connectivity index (χ2v) is 10.7. The van der Waals surface area contributed by atoms with Crippen molar-refractivity contribution in [3.8, 4) is 5.75 Å². The highest BCUT2D eigenvalue weighted by molar-refractivity contribution is 6.30. The summed E-state index contributed by atoms with van der Waals surface area (Å²) in [5.74, 6) is 0.149. The predicted octanol–water partition coefficient (Wildman–Crippen LogP) is 6.06. The third-order valence-corrected chi connectivity index (χ3v) is 6.56. The molecule has 1 atom stereocenters. The molecule has 2 heterocycles. The van der Waals surface area contributed by atoms with Gasteiger partial charge in [0.15, 0.2) is 0 Å². The number of halogens is 1. The normalized spacial score (nSPS) is 15.6. The van der Waals surface area contributed by atoms with Gasteiger partial charge in [0.25, 0.3) is 11.8 Å². The van der Waals surface area contributed by atoms with Gasteiger partial charge in [0, 0.05) is 12.2 Å². The van der Waals surface area contributed by atoms with Crippen molar-refractivity contribution in [2.45, 2.75) is 51.5 Å². The minimum Gasteiger partial charge on any atom is -0.491 e. The maximum atomic E-state index is 13.5. The van der Waals surface area contributed by atoms with Crippen molar-refractivity contribution in [3.63, 3.8) is 0 Å². The van der Waals surface area contributed by atoms with Crippen LogP contribution < -0.4 is 20.7 Å². The Bertz CT molecular complexity index is 1250. The number of carbonyl (C=O) groups is 2. The summed E-state index contributed by atoms with van der Waals surface area (Å²) in [7, 11) is 0. The third-order valence-electron chi connectivity index (χ3n) is 6.33. The van der Waals surface area contributed by atoms with E-state index in [1.54, 1.807) is 42.5 Å². The highest BCUT2D eigenvalue weighted by atomic mass is 35.5. The number of aromatic nitrogens is 1. The molecule has 1 fully saturated rings. The Morgan fingerprint density at radius 2 is 1.81 bits per heavy atom. The first-order chi connectivity index (χ1) is 17.7. The Kier molecular flexibility index (Phi) is 8.46. The number of para-hydroxylation sites is 1. The van der Waals surface area contributed by atoms with E-state index >= 15 is 0 Å². The summed E-state index contributed by atoms with van der Waals surface area (Å²) in [5.41, 5.74) is 2.09. The fraction of sp³-hybridized carbons (Fsp3) is 0.345. The average molecular weight is 521 g/mol. The van der Waals surface area contributed by atoms with Crippen LogP contribution in [0.2, 0.25) is 5.02 Å². The van der Waals surface area contributed by atoms with Crippen molar-refractivity contribution in [2.24, 2.45) is 0 Å². The predicted molar refractivity (Wildman–Crippen MR) is 148 cm³/mol. The number of nitrogens with one attached hydrogen (secondary N) is 3. The third kappa shape index (κ3) is 7.08. The van der Waals surface area contributed by atoms with Crippen LogP contribution in [-0.2, 0) is 5.41 Å². The van der Waals surface area contributed by atoms with Crippen LogP contribution >= 0.6 is 11.6 Å². The fourth-order valence-corrected chi connectivity index (χ4v) is 4.28. The van der Waals surface area contributed by atoms with Gasteiger partial charge in [-0.1, -0.05) is 57.0 Å². The minimum absolute atomic E-state index is 0.101. The first kappa shape index (κ1) is 26.6. The van der Waals surface area contributed by atoms with E-state index in [0.717, 1.165) is 18.5 Å². The van der Waals surface area contributed by atoms with Crippen molar-refractivity contribution in [1.82, 2.24) is 10.3 Å². The molecule has 3 N–H and O–H groups in total. The zero-order valence-electron chi connectivity index (χ0n) is 21.4. The largest absolute Gasteiger partial charge is 0.491 e. The average Bonchev–Trinajstić information content (AvgIpc) is 2.89. The van der Waals surface area contributed by atoms with E-state index in [-0.39, 0.29) is 17.4 Å². The number of hydrogen-bond acceptors (Lipinski definition) is 5. The molecule has 1 saturated heterocycles. The number of piperidine rings is 1. The number of benzene rings is 2. The van der Waals surface area contributed by atoms with Crippen LogP contribution in [0.25, 0.3) is 0 Å². The summed E-state index contributed by atoms with van der Waals surface area (Å²) in [6, 6.07) is 16.0. The SMILES string of the molecule is CC(C)(C)c1ccc(C(=O)Nc2ccccc2C(=O)Nc2ccc(Cl)cn2)c(OCC2CCCCN2)c1. The lowest BCUT2D eigenvalue weighted by atomic mass is 9.86. The van der Waals surface area contributed by atoms with Crippen molar-refractivity contribution in [3.05, 3.63) is 82.5 Å². The zero-order valence-corrected chi connectivity index (χ0v) is 22.2. The number of carbonyl (C=O) groups excluding carboxylic acids is 2. The molecular weight excluding hydrogens is 488 g/mol. The standard InChI is InChI=1S/C29H33ClN4O3/c1-29(2,3)19-11-13-23(25(16-19)37-18-21-8-6-7-15-31-21)28(36)33-24-10-5-4-9-22(24)27(35)34-26-14-12-20(30)17-32-26/h4-5,9-14,16-17,21,31H,6-8,15,18H2,1-3H3,(H,33,36)(H,32,34,35). The second kappa shape index (κ2) is 11.8. The summed E-state index contributed by atoms with van der Waals surface area (Å²) in [6.07, 6.45) is 4.84. The molecule has 0 radical (unpaired) electrons. The number of anilines is 2. The Labute approximate surface area is 223 Å². The number of amides is 2. The van der Waals surface area contributed by atoms with E-state index in [1.165, 1.54) is 19.0 Å². The van der Waals surface area contributed by atoms with Gasteiger partial charge in [0.2, 0.25) is 0 Å². The van der Waals surface area contributed by atoms with Crippen molar-refractivity contribution in [1.29, 1.82) is 0 Å². The quantitative estimate of drug-likeness (QED) is 0.352. The summed E-state index contributed by atoms with van der Waals surface area (Å²) in [5, 5.41) is 9.60. The first-order valence-corrected chi connectivity index (χ1v) is 12.9. The van der Waals surface area contributed by atoms with Gasteiger partial charge in [-0.15, -0.1) is 0 Å². The molecule has 37 heavy (non-hydrogen) atoms. The van der Waals surface area contributed by atoms with Gasteiger partial charge in [-0.25, -0.2) is 4.98 Å². The zero-order chi connectivity index (χ0) is 26.4. The number of ether oxygens (including phenoxy) is 1. The second-order valence-electron chi connectivity index (χ2n) is 10.2. The highest BCUT2D eigenvalue weighted by Gasteiger charge is 2.22. The van der Waals surface area contributed by atoms with Gasteiger partial charge in [-0.2, -0.15) is 0 Å². The molecule has 194 valence electrons. The maximum absolute atomic E-state index is 13.5. The Hall–Kier alpha value is -3.42. The Balaban J connectivity index is 1.55. The monoisotopic (exact) mass is 520 g/mol. The van der Waals surface area contributed by atoms with E-state index in [0.29, 0.717) is 40.0 Å². The number of nitrogens with zero attached hydrogens (tertiary/aromatic N) is 1. The van der Waals surface area contributed by atoms with Gasteiger partial charge in [0.1, 0.15) is 18.2 Å². The molecule has 1 aliphatic rings. The van der Waals surface area contributed by atoms with Crippen LogP contribution in [-0.4, -0.2) is 36.0 Å². The van der Waals surface area contributed by atoms with Crippen LogP contribution in [0.4, 0.5) is 11.5 Å². The molecule has 0 bridgehead atoms. The molecule has 8 heteroatoms. The lowest BCUT2D eigenvalue weighted by Crippen LogP contribution is -2.38. The number of hydrogen-bond donors (Lipinski definition) is 3. The smallest absolute Gasteiger partial charge is 0.259 e. The van der Waals surface area contributed by atoms with Crippen LogP contribution in [0.15, 0.2) is 60.8 Å². The first-order valence-electron chi connectivity index (χ1n) is 12.5. The maximum Gasteiger partial charge on any atom is 0.259 e. The molecule has 2 aromatic carbocycles. The van der Waals surface area contributed by atoms with Gasteiger partial charge >= 0.3 is 0 Å². The van der Waals surface area contributed by atoms with Gasteiger partial charge in [-0.05, 0) is 66.8 Å². The summed E-state index contributed by atoms with van der Waals surface area (Å²) >= 11 is 5.88. The molecule has 1 unspecified atom stereocenters. The van der Waals surface area contributed by atoms with Gasteiger partial charge < -0.3 is 20.7 Å². The Morgan fingerprint density at radius 1 is 1.03 bits per heavy atom. The molecule has 0 aliphatic carbocycles. The van der Waals surface area contributed by atoms with Crippen LogP contribution in [0.1, 0.15) is 66.3 Å². The van der Waals surface area contributed by atoms with Crippen molar-refractivity contribution >= 4 is 34.9 Å². The summed E-state index contributed by atoms with van der Waals surface area (Å²) < 4.78 is 6.22. The molecule has 0 saturated carbocycles. The summed E-state index contributed by atoms with van der Waals surface area (Å²) in [6.45, 7) is 7.84. The number of rotatable bonds is 7. The topological polar surface area (TPSA) is 92.4 Å². The van der Waals surface area contributed by atoms with E-state index in [9.17, 15) is 9.59 Å². The van der Waals surface area contributed by atoms with Crippen molar-refractivity contribution in [2.75, 3.05) is 23.8 Å². The molecule has 1 aromatic heterocycles. The van der Waals surface area contributed by atoms with Crippen LogP contribution in [0.5, 0.6) is 5.75 Å². The van der Waals surface area contributed by atoms with E-state index < -0.39 is 5.91 Å². The highest BCUT2D eigenvalue weighted by Crippen LogP contribution is 2.30. The molecule has 7 nitrogen and oxygen atoms in total. The van der Waals surface area contributed by atoms with E-state index in [4.69, 9.17) is 16.3 Å². The molecule has 1 aliphatic heterocycles. The fourth-order valence-electron chi connectivity index (χ4n) is 4.17. The Morgan fingerprint density at radius 3 is 2.51 bits per heavy atom. The van der Waals surface area contributed by atoms with Gasteiger partial charge in [0.05, 0.1) is 21.8 Å². The van der Waals surface area contributed by atoms with Crippen molar-refractivity contribution < 1.29 is 14.3 Å². The summed E-state index contributed by atoms with van der Waals surface area (Å²) in [4.78, 5) is 30.5. The molecular formula is C29H33ClN4O3. The lowest BCUT2D eigenvalue weighted by molar-refractivity contribution is 0.102. The van der Waals surface area contributed by atoms with Crippen LogP contribution in [0.3, 0.4) is 0 Å². The number of pyridine rings is 1. The van der Waals surface area contributed by atoms with E-state index in [2.05, 4.69) is 41.7 Å². The van der Waals surface area contributed by atoms with Gasteiger partial charge in [-0.3, -0.25) is 9.59 Å². The minimum atomic E-state index is -0.395. The molecule has 0 spiro atoms. The van der Waals surface area contributed by atoms with Crippen LogP contribution in [0, 0.1) is 0 Å². The molecule has 2 amide bonds.